The third-order valence-electron chi connectivity index (χ3n) is 7.96. The van der Waals surface area contributed by atoms with Crippen LogP contribution in [0.4, 0.5) is 4.79 Å². The highest BCUT2D eigenvalue weighted by Crippen LogP contribution is 2.40. The third-order valence-corrected chi connectivity index (χ3v) is 9.11. The normalized spacial score (nSPS) is 17.7. The van der Waals surface area contributed by atoms with Crippen LogP contribution in [0.25, 0.3) is 11.1 Å². The number of hydrogen-bond donors (Lipinski definition) is 3. The lowest BCUT2D eigenvalue weighted by molar-refractivity contribution is -0.245. The molecule has 6 nitrogen and oxygen atoms in total. The first-order chi connectivity index (χ1) is 22.6. The van der Waals surface area contributed by atoms with Gasteiger partial charge in [0.25, 0.3) is 0 Å². The van der Waals surface area contributed by atoms with Gasteiger partial charge in [-0.1, -0.05) is 109 Å². The van der Waals surface area contributed by atoms with Gasteiger partial charge in [-0.3, -0.25) is 0 Å². The molecule has 1 aliphatic rings. The van der Waals surface area contributed by atoms with Gasteiger partial charge in [-0.05, 0) is 57.6 Å². The summed E-state index contributed by atoms with van der Waals surface area (Å²) in [5.41, 5.74) is 7.06. The molecule has 6 rings (SSSR count). The fraction of sp³-hybridized carbons (Fsp3) is 0.205. The number of nitrogens with one attached hydrogen (secondary N) is 2. The van der Waals surface area contributed by atoms with E-state index in [0.29, 0.717) is 13.1 Å². The van der Waals surface area contributed by atoms with Crippen LogP contribution in [0.2, 0.25) is 0 Å². The number of rotatable bonds is 11. The Bertz CT molecular complexity index is 1700. The Morgan fingerprint density at radius 1 is 0.674 bits per heavy atom. The summed E-state index contributed by atoms with van der Waals surface area (Å²) in [6.07, 6.45) is 0.0509. The Morgan fingerprint density at radius 3 is 2.07 bits per heavy atom. The van der Waals surface area contributed by atoms with Gasteiger partial charge in [-0.15, -0.1) is 11.8 Å². The van der Waals surface area contributed by atoms with Crippen molar-refractivity contribution in [3.05, 3.63) is 161 Å². The number of aliphatic hydroxyl groups excluding tert-OH is 1. The molecule has 0 aliphatic carbocycles. The van der Waals surface area contributed by atoms with Crippen molar-refractivity contribution in [2.75, 3.05) is 5.75 Å². The van der Waals surface area contributed by atoms with Crippen LogP contribution in [-0.2, 0) is 29.2 Å². The average molecular weight is 631 g/mol. The molecule has 1 heterocycles. The maximum atomic E-state index is 12.4. The van der Waals surface area contributed by atoms with Crippen LogP contribution in [0.1, 0.15) is 46.6 Å². The second-order valence-corrected chi connectivity index (χ2v) is 12.4. The van der Waals surface area contributed by atoms with E-state index < -0.39 is 6.29 Å². The maximum Gasteiger partial charge on any atom is 0.315 e. The van der Waals surface area contributed by atoms with Crippen molar-refractivity contribution in [3.8, 4) is 11.1 Å². The van der Waals surface area contributed by atoms with Gasteiger partial charge in [0.2, 0.25) is 0 Å². The summed E-state index contributed by atoms with van der Waals surface area (Å²) in [4.78, 5) is 13.6. The number of amides is 2. The molecule has 3 unspecified atom stereocenters. The topological polar surface area (TPSA) is 79.8 Å². The molecule has 3 atom stereocenters. The molecule has 1 fully saturated rings. The minimum absolute atomic E-state index is 0.0133. The smallest absolute Gasteiger partial charge is 0.315 e. The molecule has 0 bridgehead atoms. The summed E-state index contributed by atoms with van der Waals surface area (Å²) in [5.74, 6) is 0.808. The number of urea groups is 1. The van der Waals surface area contributed by atoms with Gasteiger partial charge in [0.1, 0.15) is 0 Å². The molecule has 234 valence electrons. The third kappa shape index (κ3) is 8.65. The first-order valence-corrected chi connectivity index (χ1v) is 16.5. The van der Waals surface area contributed by atoms with Crippen LogP contribution in [0.3, 0.4) is 0 Å². The molecule has 7 heteroatoms. The molecule has 5 aromatic carbocycles. The minimum Gasteiger partial charge on any atom is -0.392 e. The summed E-state index contributed by atoms with van der Waals surface area (Å²) in [7, 11) is 0. The lowest BCUT2D eigenvalue weighted by Crippen LogP contribution is -2.34. The van der Waals surface area contributed by atoms with Crippen LogP contribution in [0.15, 0.2) is 138 Å². The summed E-state index contributed by atoms with van der Waals surface area (Å²) in [6.45, 7) is 0.908. The molecular formula is C39H38N2O4S. The summed E-state index contributed by atoms with van der Waals surface area (Å²) >= 11 is 1.79. The average Bonchev–Trinajstić information content (AvgIpc) is 3.13. The summed E-state index contributed by atoms with van der Waals surface area (Å²) in [6, 6.07) is 44.5. The first-order valence-electron chi connectivity index (χ1n) is 15.6. The second-order valence-electron chi connectivity index (χ2n) is 11.3. The SMILES string of the molecule is O=C(NCc1ccccc1)NCc1cccc(-c2cccc(C3OC(CSc4ccccc4)CC(c4ccc(CO)cc4)O3)c2)c1. The Labute approximate surface area is 274 Å². The molecule has 0 aromatic heterocycles. The van der Waals surface area contributed by atoms with E-state index in [4.69, 9.17) is 9.47 Å². The van der Waals surface area contributed by atoms with Gasteiger partial charge < -0.3 is 25.2 Å². The standard InChI is InChI=1S/C39H38N2O4S/c42-26-29-17-19-31(20-18-29)37-23-35(27-46-36-15-5-2-6-16-36)44-38(45-37)34-14-8-13-33(22-34)32-12-7-11-30(21-32)25-41-39(43)40-24-28-9-3-1-4-10-28/h1-22,35,37-38,42H,23-27H2,(H2,40,41,43). The van der Waals surface area contributed by atoms with E-state index in [1.807, 2.05) is 78.9 Å². The zero-order chi connectivity index (χ0) is 31.6. The lowest BCUT2D eigenvalue weighted by atomic mass is 9.99. The fourth-order valence-electron chi connectivity index (χ4n) is 5.48. The van der Waals surface area contributed by atoms with Gasteiger partial charge >= 0.3 is 6.03 Å². The van der Waals surface area contributed by atoms with E-state index in [0.717, 1.165) is 51.1 Å². The highest BCUT2D eigenvalue weighted by Gasteiger charge is 2.32. The maximum absolute atomic E-state index is 12.4. The van der Waals surface area contributed by atoms with Crippen molar-refractivity contribution < 1.29 is 19.4 Å². The Balaban J connectivity index is 1.15. The molecule has 2 amide bonds. The Morgan fingerprint density at radius 2 is 1.33 bits per heavy atom. The van der Waals surface area contributed by atoms with Crippen LogP contribution in [0.5, 0.6) is 0 Å². The predicted molar refractivity (Wildman–Crippen MR) is 183 cm³/mol. The van der Waals surface area contributed by atoms with Crippen molar-refractivity contribution in [2.24, 2.45) is 0 Å². The lowest BCUT2D eigenvalue weighted by Gasteiger charge is -2.36. The van der Waals surface area contributed by atoms with Crippen LogP contribution < -0.4 is 10.6 Å². The van der Waals surface area contributed by atoms with Gasteiger partial charge in [-0.25, -0.2) is 4.79 Å². The number of carbonyl (C=O) groups is 1. The van der Waals surface area contributed by atoms with Crippen molar-refractivity contribution in [1.82, 2.24) is 10.6 Å². The molecule has 0 radical (unpaired) electrons. The van der Waals surface area contributed by atoms with E-state index in [-0.39, 0.29) is 24.8 Å². The molecule has 3 N–H and O–H groups in total. The number of hydrogen-bond acceptors (Lipinski definition) is 5. The van der Waals surface area contributed by atoms with Gasteiger partial charge in [0.05, 0.1) is 18.8 Å². The molecule has 46 heavy (non-hydrogen) atoms. The van der Waals surface area contributed by atoms with Crippen molar-refractivity contribution in [3.63, 3.8) is 0 Å². The minimum atomic E-state index is -0.532. The van der Waals surface area contributed by atoms with E-state index in [2.05, 4.69) is 65.2 Å². The largest absolute Gasteiger partial charge is 0.392 e. The van der Waals surface area contributed by atoms with E-state index in [9.17, 15) is 9.90 Å². The monoisotopic (exact) mass is 630 g/mol. The second kappa shape index (κ2) is 15.7. The van der Waals surface area contributed by atoms with E-state index in [1.165, 1.54) is 4.90 Å². The molecule has 0 spiro atoms. The van der Waals surface area contributed by atoms with Gasteiger partial charge in [0.15, 0.2) is 6.29 Å². The van der Waals surface area contributed by atoms with Gasteiger partial charge in [0, 0.05) is 35.7 Å². The van der Waals surface area contributed by atoms with Crippen molar-refractivity contribution in [1.29, 1.82) is 0 Å². The Hall–Kier alpha value is -4.40. The number of thioether (sulfide) groups is 1. The number of aliphatic hydroxyl groups is 1. The zero-order valence-corrected chi connectivity index (χ0v) is 26.4. The summed E-state index contributed by atoms with van der Waals surface area (Å²) in [5, 5.41) is 15.4. The molecule has 1 aliphatic heterocycles. The molecule has 5 aromatic rings. The van der Waals surface area contributed by atoms with Crippen LogP contribution in [-0.4, -0.2) is 23.0 Å². The van der Waals surface area contributed by atoms with Crippen molar-refractivity contribution in [2.45, 2.75) is 49.5 Å². The molecular weight excluding hydrogens is 593 g/mol. The molecule has 0 saturated carbocycles. The van der Waals surface area contributed by atoms with Crippen molar-refractivity contribution >= 4 is 17.8 Å². The fourth-order valence-corrected chi connectivity index (χ4v) is 6.42. The van der Waals surface area contributed by atoms with Crippen LogP contribution in [0, 0.1) is 0 Å². The highest BCUT2D eigenvalue weighted by atomic mass is 32.2. The quantitative estimate of drug-likeness (QED) is 0.128. The number of benzene rings is 5. The van der Waals surface area contributed by atoms with Crippen LogP contribution >= 0.6 is 11.8 Å². The van der Waals surface area contributed by atoms with Gasteiger partial charge in [-0.2, -0.15) is 0 Å². The Kier molecular flexibility index (Phi) is 10.8. The predicted octanol–water partition coefficient (Wildman–Crippen LogP) is 8.18. The number of carbonyl (C=O) groups excluding carboxylic acids is 1. The summed E-state index contributed by atoms with van der Waals surface area (Å²) < 4.78 is 13.2. The number of ether oxygens (including phenoxy) is 2. The van der Waals surface area contributed by atoms with E-state index >= 15 is 0 Å². The molecule has 1 saturated heterocycles. The zero-order valence-electron chi connectivity index (χ0n) is 25.5. The first kappa shape index (κ1) is 31.6. The van der Waals surface area contributed by atoms with E-state index in [1.54, 1.807) is 11.8 Å². The highest BCUT2D eigenvalue weighted by molar-refractivity contribution is 7.99.